The van der Waals surface area contributed by atoms with Crippen molar-refractivity contribution < 1.29 is 14.3 Å². The number of nitrogens with two attached hydrogens (primary N) is 1. The van der Waals surface area contributed by atoms with Crippen LogP contribution in [0.2, 0.25) is 0 Å². The Morgan fingerprint density at radius 3 is 1.95 bits per heavy atom. The van der Waals surface area contributed by atoms with E-state index in [1.807, 2.05) is 115 Å². The number of hydrogen-bond acceptors (Lipinski definition) is 6. The van der Waals surface area contributed by atoms with Crippen LogP contribution in [-0.2, 0) is 0 Å². The van der Waals surface area contributed by atoms with Gasteiger partial charge < -0.3 is 15.2 Å². The number of ether oxygens (including phenoxy) is 2. The van der Waals surface area contributed by atoms with Crippen molar-refractivity contribution in [2.45, 2.75) is 0 Å². The highest BCUT2D eigenvalue weighted by Crippen LogP contribution is 2.45. The standard InChI is InChI=1S/C34H27N3O3S/c1-39-25-18-19-29(40-2)26(20-25)27-21-28(22-12-6-3-7-13-22)36-33-30(27)31(35)32(41-33)34(38)37(23-14-8-4-9-15-23)24-16-10-5-11-17-24/h3-21H,35H2,1-2H3. The summed E-state index contributed by atoms with van der Waals surface area (Å²) < 4.78 is 11.3. The molecule has 0 spiro atoms. The minimum atomic E-state index is -0.229. The van der Waals surface area contributed by atoms with Crippen molar-refractivity contribution >= 4 is 44.5 Å². The van der Waals surface area contributed by atoms with E-state index < -0.39 is 0 Å². The summed E-state index contributed by atoms with van der Waals surface area (Å²) in [5, 5.41) is 0.700. The van der Waals surface area contributed by atoms with Crippen molar-refractivity contribution in [1.29, 1.82) is 0 Å². The molecule has 0 radical (unpaired) electrons. The average Bonchev–Trinajstić information content (AvgIpc) is 3.38. The van der Waals surface area contributed by atoms with Crippen LogP contribution in [0.15, 0.2) is 115 Å². The summed E-state index contributed by atoms with van der Waals surface area (Å²) in [6.07, 6.45) is 0. The molecular formula is C34H27N3O3S. The number of fused-ring (bicyclic) bond motifs is 1. The molecule has 0 aliphatic rings. The van der Waals surface area contributed by atoms with Gasteiger partial charge in [0.1, 0.15) is 21.2 Å². The lowest BCUT2D eigenvalue weighted by atomic mass is 9.98. The summed E-state index contributed by atoms with van der Waals surface area (Å²) in [5.74, 6) is 1.11. The van der Waals surface area contributed by atoms with Gasteiger partial charge in [-0.1, -0.05) is 66.7 Å². The SMILES string of the molecule is COc1ccc(OC)c(-c2cc(-c3ccccc3)nc3sc(C(=O)N(c4ccccc4)c4ccccc4)c(N)c23)c1. The fraction of sp³-hybridized carbons (Fsp3) is 0.0588. The summed E-state index contributed by atoms with van der Waals surface area (Å²) >= 11 is 1.29. The summed E-state index contributed by atoms with van der Waals surface area (Å²) in [7, 11) is 3.26. The highest BCUT2D eigenvalue weighted by Gasteiger charge is 2.28. The van der Waals surface area contributed by atoms with Crippen LogP contribution in [0.25, 0.3) is 32.6 Å². The van der Waals surface area contributed by atoms with Crippen molar-refractivity contribution in [3.63, 3.8) is 0 Å². The van der Waals surface area contributed by atoms with Gasteiger partial charge in [-0.3, -0.25) is 9.69 Å². The number of nitrogens with zero attached hydrogens (tertiary/aromatic N) is 2. The van der Waals surface area contributed by atoms with E-state index in [4.69, 9.17) is 20.2 Å². The number of rotatable bonds is 7. The molecule has 6 aromatic rings. The molecule has 0 fully saturated rings. The smallest absolute Gasteiger partial charge is 0.275 e. The lowest BCUT2D eigenvalue weighted by Crippen LogP contribution is -2.25. The number of amides is 1. The van der Waals surface area contributed by atoms with Crippen LogP contribution in [0.4, 0.5) is 17.1 Å². The zero-order valence-electron chi connectivity index (χ0n) is 22.6. The molecule has 0 atom stereocenters. The van der Waals surface area contributed by atoms with Crippen LogP contribution in [0, 0.1) is 0 Å². The van der Waals surface area contributed by atoms with E-state index in [0.717, 1.165) is 33.8 Å². The lowest BCUT2D eigenvalue weighted by Gasteiger charge is -2.22. The number of carbonyl (C=O) groups excluding carboxylic acids is 1. The molecular weight excluding hydrogens is 530 g/mol. The van der Waals surface area contributed by atoms with Crippen LogP contribution in [0.5, 0.6) is 11.5 Å². The molecule has 6 rings (SSSR count). The molecule has 0 saturated heterocycles. The second kappa shape index (κ2) is 11.2. The van der Waals surface area contributed by atoms with E-state index in [1.54, 1.807) is 19.1 Å². The van der Waals surface area contributed by atoms with Crippen molar-refractivity contribution in [1.82, 2.24) is 4.98 Å². The van der Waals surface area contributed by atoms with Crippen LogP contribution in [0.1, 0.15) is 9.67 Å². The zero-order valence-corrected chi connectivity index (χ0v) is 23.4. The number of pyridine rings is 1. The Balaban J connectivity index is 1.61. The van der Waals surface area contributed by atoms with Crippen molar-refractivity contribution in [2.75, 3.05) is 24.9 Å². The predicted octanol–water partition coefficient (Wildman–Crippen LogP) is 8.21. The molecule has 0 aliphatic heterocycles. The second-order valence-corrected chi connectivity index (χ2v) is 10.3. The molecule has 0 unspecified atom stereocenters. The van der Waals surface area contributed by atoms with Gasteiger partial charge in [0, 0.05) is 33.5 Å². The zero-order chi connectivity index (χ0) is 28.3. The Morgan fingerprint density at radius 2 is 1.37 bits per heavy atom. The molecule has 6 nitrogen and oxygen atoms in total. The number of para-hydroxylation sites is 2. The first-order valence-electron chi connectivity index (χ1n) is 13.0. The number of thiophene rings is 1. The normalized spacial score (nSPS) is 10.9. The first-order valence-corrected chi connectivity index (χ1v) is 13.9. The van der Waals surface area contributed by atoms with Gasteiger partial charge in [-0.2, -0.15) is 0 Å². The van der Waals surface area contributed by atoms with Gasteiger partial charge in [-0.05, 0) is 48.5 Å². The van der Waals surface area contributed by atoms with Crippen LogP contribution in [0.3, 0.4) is 0 Å². The molecule has 1 amide bonds. The lowest BCUT2D eigenvalue weighted by molar-refractivity contribution is 0.100. The van der Waals surface area contributed by atoms with Crippen LogP contribution >= 0.6 is 11.3 Å². The summed E-state index contributed by atoms with van der Waals surface area (Å²) in [6.45, 7) is 0. The molecule has 41 heavy (non-hydrogen) atoms. The molecule has 0 saturated carbocycles. The Bertz CT molecular complexity index is 1800. The van der Waals surface area contributed by atoms with E-state index in [0.29, 0.717) is 32.3 Å². The van der Waals surface area contributed by atoms with E-state index in [9.17, 15) is 4.79 Å². The number of aromatic nitrogens is 1. The average molecular weight is 558 g/mol. The Morgan fingerprint density at radius 1 is 0.756 bits per heavy atom. The van der Waals surface area contributed by atoms with Gasteiger partial charge >= 0.3 is 0 Å². The first-order chi connectivity index (χ1) is 20.1. The molecule has 2 N–H and O–H groups in total. The Kier molecular flexibility index (Phi) is 7.10. The minimum Gasteiger partial charge on any atom is -0.497 e. The Labute approximate surface area is 242 Å². The third kappa shape index (κ3) is 4.88. The molecule has 0 bridgehead atoms. The van der Waals surface area contributed by atoms with Gasteiger partial charge in [-0.15, -0.1) is 11.3 Å². The number of methoxy groups -OCH3 is 2. The van der Waals surface area contributed by atoms with Crippen molar-refractivity contribution in [3.05, 3.63) is 120 Å². The van der Waals surface area contributed by atoms with Crippen molar-refractivity contribution in [2.24, 2.45) is 0 Å². The number of carbonyl (C=O) groups is 1. The third-order valence-corrected chi connectivity index (χ3v) is 7.98. The van der Waals surface area contributed by atoms with Gasteiger partial charge in [0.05, 0.1) is 25.6 Å². The molecule has 7 heteroatoms. The highest BCUT2D eigenvalue weighted by atomic mass is 32.1. The minimum absolute atomic E-state index is 0.229. The van der Waals surface area contributed by atoms with E-state index >= 15 is 0 Å². The highest BCUT2D eigenvalue weighted by molar-refractivity contribution is 7.21. The largest absolute Gasteiger partial charge is 0.497 e. The molecule has 2 aromatic heterocycles. The van der Waals surface area contributed by atoms with Gasteiger partial charge in [0.15, 0.2) is 0 Å². The molecule has 202 valence electrons. The second-order valence-electron chi connectivity index (χ2n) is 9.32. The maximum Gasteiger partial charge on any atom is 0.275 e. The number of anilines is 3. The van der Waals surface area contributed by atoms with E-state index in [-0.39, 0.29) is 5.91 Å². The molecule has 4 aromatic carbocycles. The first kappa shape index (κ1) is 26.1. The fourth-order valence-electron chi connectivity index (χ4n) is 4.91. The van der Waals surface area contributed by atoms with Gasteiger partial charge in [-0.25, -0.2) is 4.98 Å². The van der Waals surface area contributed by atoms with Gasteiger partial charge in [0.25, 0.3) is 5.91 Å². The van der Waals surface area contributed by atoms with Crippen molar-refractivity contribution in [3.8, 4) is 33.9 Å². The number of nitrogen functional groups attached to an aromatic ring is 1. The Hall–Kier alpha value is -5.14. The van der Waals surface area contributed by atoms with Crippen LogP contribution < -0.4 is 20.1 Å². The number of benzene rings is 4. The fourth-order valence-corrected chi connectivity index (χ4v) is 5.96. The maximum atomic E-state index is 14.3. The third-order valence-electron chi connectivity index (χ3n) is 6.89. The van der Waals surface area contributed by atoms with Gasteiger partial charge in [0.2, 0.25) is 0 Å². The van der Waals surface area contributed by atoms with E-state index in [2.05, 4.69) is 0 Å². The summed E-state index contributed by atoms with van der Waals surface area (Å²) in [5.41, 5.74) is 12.1. The molecule has 0 aliphatic carbocycles. The summed E-state index contributed by atoms with van der Waals surface area (Å²) in [6, 6.07) is 36.7. The quantitative estimate of drug-likeness (QED) is 0.214. The predicted molar refractivity (Wildman–Crippen MR) is 167 cm³/mol. The monoisotopic (exact) mass is 557 g/mol. The maximum absolute atomic E-state index is 14.3. The topological polar surface area (TPSA) is 77.7 Å². The van der Waals surface area contributed by atoms with Crippen LogP contribution in [-0.4, -0.2) is 25.1 Å². The number of hydrogen-bond donors (Lipinski definition) is 1. The summed E-state index contributed by atoms with van der Waals surface area (Å²) in [4.78, 5) is 22.1. The molecule has 2 heterocycles. The van der Waals surface area contributed by atoms with E-state index in [1.165, 1.54) is 11.3 Å².